The molecule has 0 spiro atoms. The summed E-state index contributed by atoms with van der Waals surface area (Å²) in [5, 5.41) is 0.890. The molecule has 2 aromatic carbocycles. The fourth-order valence-corrected chi connectivity index (χ4v) is 2.13. The van der Waals surface area contributed by atoms with E-state index in [1.54, 1.807) is 24.3 Å². The molecule has 2 N–H and O–H groups in total. The van der Waals surface area contributed by atoms with Crippen LogP contribution in [0.3, 0.4) is 0 Å². The molecule has 2 aromatic rings. The predicted octanol–water partition coefficient (Wildman–Crippen LogP) is 4.17. The maximum atomic E-state index is 12.9. The molecule has 0 heterocycles. The van der Waals surface area contributed by atoms with Gasteiger partial charge in [0.15, 0.2) is 0 Å². The van der Waals surface area contributed by atoms with Crippen LogP contribution in [0.25, 0.3) is 0 Å². The fourth-order valence-electron chi connectivity index (χ4n) is 1.67. The first-order valence-electron chi connectivity index (χ1n) is 5.66. The molecule has 0 fully saturated rings. The first kappa shape index (κ1) is 14.1. The van der Waals surface area contributed by atoms with Gasteiger partial charge in [0, 0.05) is 22.7 Å². The molecule has 5 heteroatoms. The van der Waals surface area contributed by atoms with E-state index in [-0.39, 0.29) is 19.0 Å². The van der Waals surface area contributed by atoms with Gasteiger partial charge < -0.3 is 10.5 Å². The Morgan fingerprint density at radius 2 is 1.89 bits per heavy atom. The van der Waals surface area contributed by atoms with Crippen molar-refractivity contribution >= 4 is 23.2 Å². The zero-order valence-corrected chi connectivity index (χ0v) is 11.5. The minimum Gasteiger partial charge on any atom is -0.488 e. The largest absolute Gasteiger partial charge is 0.488 e. The first-order valence-corrected chi connectivity index (χ1v) is 6.41. The zero-order valence-electron chi connectivity index (χ0n) is 10.00. The molecule has 0 aromatic heterocycles. The third kappa shape index (κ3) is 3.38. The van der Waals surface area contributed by atoms with E-state index in [1.807, 2.05) is 0 Å². The van der Waals surface area contributed by atoms with Gasteiger partial charge in [-0.1, -0.05) is 35.3 Å². The van der Waals surface area contributed by atoms with Gasteiger partial charge in [0.2, 0.25) is 0 Å². The Labute approximate surface area is 120 Å². The molecule has 0 saturated carbocycles. The first-order chi connectivity index (χ1) is 9.11. The molecule has 0 atom stereocenters. The van der Waals surface area contributed by atoms with Crippen LogP contribution in [-0.2, 0) is 13.2 Å². The molecule has 100 valence electrons. The molecule has 0 bridgehead atoms. The molecule has 0 unspecified atom stereocenters. The average molecular weight is 300 g/mol. The zero-order chi connectivity index (χ0) is 13.8. The van der Waals surface area contributed by atoms with Gasteiger partial charge in [0.1, 0.15) is 18.2 Å². The quantitative estimate of drug-likeness (QED) is 0.919. The van der Waals surface area contributed by atoms with Crippen molar-refractivity contribution in [3.8, 4) is 5.75 Å². The van der Waals surface area contributed by atoms with Crippen LogP contribution in [-0.4, -0.2) is 0 Å². The van der Waals surface area contributed by atoms with Crippen molar-refractivity contribution in [1.29, 1.82) is 0 Å². The lowest BCUT2D eigenvalue weighted by Crippen LogP contribution is -2.03. The maximum absolute atomic E-state index is 12.9. The van der Waals surface area contributed by atoms with Crippen molar-refractivity contribution < 1.29 is 9.13 Å². The van der Waals surface area contributed by atoms with E-state index in [4.69, 9.17) is 33.7 Å². The molecule has 19 heavy (non-hydrogen) atoms. The van der Waals surface area contributed by atoms with Crippen molar-refractivity contribution in [2.24, 2.45) is 5.73 Å². The van der Waals surface area contributed by atoms with E-state index in [0.29, 0.717) is 21.4 Å². The minimum absolute atomic E-state index is 0.229. The molecular formula is C14H12Cl2FNO. The van der Waals surface area contributed by atoms with E-state index in [2.05, 4.69) is 0 Å². The number of rotatable bonds is 4. The highest BCUT2D eigenvalue weighted by atomic mass is 35.5. The number of hydrogen-bond acceptors (Lipinski definition) is 2. The van der Waals surface area contributed by atoms with Crippen LogP contribution in [0, 0.1) is 5.82 Å². The van der Waals surface area contributed by atoms with Gasteiger partial charge in [0.05, 0.1) is 5.02 Å². The van der Waals surface area contributed by atoms with Gasteiger partial charge in [-0.05, 0) is 24.3 Å². The molecule has 0 amide bonds. The molecular weight excluding hydrogens is 288 g/mol. The summed E-state index contributed by atoms with van der Waals surface area (Å²) in [6.07, 6.45) is 0. The van der Waals surface area contributed by atoms with Crippen LogP contribution in [0.2, 0.25) is 10.0 Å². The minimum atomic E-state index is -0.376. The maximum Gasteiger partial charge on any atom is 0.125 e. The lowest BCUT2D eigenvalue weighted by atomic mass is 10.2. The van der Waals surface area contributed by atoms with Crippen LogP contribution in [0.15, 0.2) is 36.4 Å². The molecule has 0 saturated heterocycles. The summed E-state index contributed by atoms with van der Waals surface area (Å²) in [6.45, 7) is 0.513. The van der Waals surface area contributed by atoms with E-state index < -0.39 is 0 Å². The summed E-state index contributed by atoms with van der Waals surface area (Å²) in [5.41, 5.74) is 7.07. The number of benzene rings is 2. The Morgan fingerprint density at radius 3 is 2.58 bits per heavy atom. The van der Waals surface area contributed by atoms with Crippen molar-refractivity contribution in [3.05, 3.63) is 63.4 Å². The standard InChI is InChI=1S/C14H12Cl2FNO/c15-12-2-1-3-14(11(12)7-18)19-8-9-4-5-10(17)6-13(9)16/h1-6H,7-8,18H2. The average Bonchev–Trinajstić information content (AvgIpc) is 2.38. The van der Waals surface area contributed by atoms with Gasteiger partial charge in [0.25, 0.3) is 0 Å². The van der Waals surface area contributed by atoms with Crippen molar-refractivity contribution in [3.63, 3.8) is 0 Å². The second kappa shape index (κ2) is 6.24. The van der Waals surface area contributed by atoms with E-state index in [9.17, 15) is 4.39 Å². The Kier molecular flexibility index (Phi) is 4.64. The summed E-state index contributed by atoms with van der Waals surface area (Å²) in [5.74, 6) is 0.231. The summed E-state index contributed by atoms with van der Waals surface area (Å²) in [4.78, 5) is 0. The van der Waals surface area contributed by atoms with Crippen LogP contribution in [0.4, 0.5) is 4.39 Å². The summed E-state index contributed by atoms with van der Waals surface area (Å²) in [6, 6.07) is 9.49. The predicted molar refractivity (Wildman–Crippen MR) is 75.1 cm³/mol. The SMILES string of the molecule is NCc1c(Cl)cccc1OCc1ccc(F)cc1Cl. The normalized spacial score (nSPS) is 10.5. The molecule has 0 aliphatic carbocycles. The number of halogens is 3. The number of ether oxygens (including phenoxy) is 1. The Hall–Kier alpha value is -1.29. The highest BCUT2D eigenvalue weighted by molar-refractivity contribution is 6.31. The number of hydrogen-bond donors (Lipinski definition) is 1. The van der Waals surface area contributed by atoms with Crippen molar-refractivity contribution in [1.82, 2.24) is 0 Å². The number of nitrogens with two attached hydrogens (primary N) is 1. The second-order valence-corrected chi connectivity index (χ2v) is 4.76. The Bertz CT molecular complexity index is 590. The van der Waals surface area contributed by atoms with Crippen LogP contribution < -0.4 is 10.5 Å². The Morgan fingerprint density at radius 1 is 1.11 bits per heavy atom. The summed E-state index contributed by atoms with van der Waals surface area (Å²) >= 11 is 12.0. The lowest BCUT2D eigenvalue weighted by molar-refractivity contribution is 0.303. The third-order valence-corrected chi connectivity index (χ3v) is 3.38. The van der Waals surface area contributed by atoms with Crippen molar-refractivity contribution in [2.75, 3.05) is 0 Å². The molecule has 2 rings (SSSR count). The van der Waals surface area contributed by atoms with Crippen LogP contribution >= 0.6 is 23.2 Å². The topological polar surface area (TPSA) is 35.2 Å². The molecule has 2 nitrogen and oxygen atoms in total. The van der Waals surface area contributed by atoms with Crippen LogP contribution in [0.1, 0.15) is 11.1 Å². The van der Waals surface area contributed by atoms with Crippen molar-refractivity contribution in [2.45, 2.75) is 13.2 Å². The Balaban J connectivity index is 2.17. The van der Waals surface area contributed by atoms with E-state index in [1.165, 1.54) is 12.1 Å². The van der Waals surface area contributed by atoms with Gasteiger partial charge in [-0.2, -0.15) is 0 Å². The molecule has 0 aliphatic heterocycles. The molecule has 0 aliphatic rings. The second-order valence-electron chi connectivity index (χ2n) is 3.95. The van der Waals surface area contributed by atoms with Gasteiger partial charge in [-0.25, -0.2) is 4.39 Å². The van der Waals surface area contributed by atoms with Gasteiger partial charge in [-0.3, -0.25) is 0 Å². The monoisotopic (exact) mass is 299 g/mol. The highest BCUT2D eigenvalue weighted by Crippen LogP contribution is 2.27. The fraction of sp³-hybridized carbons (Fsp3) is 0.143. The summed E-state index contributed by atoms with van der Waals surface area (Å²) in [7, 11) is 0. The van der Waals surface area contributed by atoms with Crippen LogP contribution in [0.5, 0.6) is 5.75 Å². The third-order valence-electron chi connectivity index (χ3n) is 2.68. The van der Waals surface area contributed by atoms with E-state index >= 15 is 0 Å². The van der Waals surface area contributed by atoms with Gasteiger partial charge in [-0.15, -0.1) is 0 Å². The van der Waals surface area contributed by atoms with E-state index in [0.717, 1.165) is 5.56 Å². The lowest BCUT2D eigenvalue weighted by Gasteiger charge is -2.12. The smallest absolute Gasteiger partial charge is 0.125 e. The highest BCUT2D eigenvalue weighted by Gasteiger charge is 2.08. The van der Waals surface area contributed by atoms with Gasteiger partial charge >= 0.3 is 0 Å². The summed E-state index contributed by atoms with van der Waals surface area (Å²) < 4.78 is 18.6. The molecule has 0 radical (unpaired) electrons.